The van der Waals surface area contributed by atoms with Crippen LogP contribution in [0.2, 0.25) is 0 Å². The molecule has 1 rings (SSSR count). The lowest BCUT2D eigenvalue weighted by Crippen LogP contribution is -2.25. The van der Waals surface area contributed by atoms with Crippen molar-refractivity contribution >= 4 is 17.7 Å². The molecule has 0 atom stereocenters. The summed E-state index contributed by atoms with van der Waals surface area (Å²) in [6, 6.07) is 1.40. The Morgan fingerprint density at radius 2 is 2.18 bits per heavy atom. The SMILES string of the molecule is CCN(CC)CCSc1nccc(C(=O)O)n1. The second-order valence-electron chi connectivity index (χ2n) is 3.40. The maximum absolute atomic E-state index is 10.7. The van der Waals surface area contributed by atoms with Crippen molar-refractivity contribution in [3.63, 3.8) is 0 Å². The van der Waals surface area contributed by atoms with Gasteiger partial charge in [-0.05, 0) is 19.2 Å². The van der Waals surface area contributed by atoms with Crippen molar-refractivity contribution in [1.82, 2.24) is 14.9 Å². The molecule has 0 unspecified atom stereocenters. The highest BCUT2D eigenvalue weighted by Crippen LogP contribution is 2.12. The summed E-state index contributed by atoms with van der Waals surface area (Å²) in [5.74, 6) is -0.150. The van der Waals surface area contributed by atoms with Gasteiger partial charge in [-0.25, -0.2) is 14.8 Å². The van der Waals surface area contributed by atoms with E-state index in [0.717, 1.165) is 25.4 Å². The van der Waals surface area contributed by atoms with Gasteiger partial charge in [0.05, 0.1) is 0 Å². The van der Waals surface area contributed by atoms with E-state index in [2.05, 4.69) is 28.7 Å². The quantitative estimate of drug-likeness (QED) is 0.590. The topological polar surface area (TPSA) is 66.3 Å². The number of carbonyl (C=O) groups is 1. The van der Waals surface area contributed by atoms with Crippen LogP contribution in [0, 0.1) is 0 Å². The Morgan fingerprint density at radius 1 is 1.47 bits per heavy atom. The Labute approximate surface area is 105 Å². The first-order valence-corrected chi connectivity index (χ1v) is 6.57. The van der Waals surface area contributed by atoms with Gasteiger partial charge in [-0.15, -0.1) is 0 Å². The molecule has 0 amide bonds. The molecule has 1 aromatic rings. The van der Waals surface area contributed by atoms with Crippen molar-refractivity contribution in [2.75, 3.05) is 25.4 Å². The van der Waals surface area contributed by atoms with Gasteiger partial charge in [0.2, 0.25) is 0 Å². The minimum absolute atomic E-state index is 0.0466. The average molecular weight is 255 g/mol. The molecule has 5 nitrogen and oxygen atoms in total. The molecule has 0 aromatic carbocycles. The molecule has 0 aliphatic carbocycles. The Kier molecular flexibility index (Phi) is 5.93. The van der Waals surface area contributed by atoms with E-state index in [1.807, 2.05) is 0 Å². The maximum atomic E-state index is 10.7. The first-order valence-electron chi connectivity index (χ1n) is 5.58. The Morgan fingerprint density at radius 3 is 2.76 bits per heavy atom. The molecule has 0 radical (unpaired) electrons. The van der Waals surface area contributed by atoms with Crippen LogP contribution in [0.4, 0.5) is 0 Å². The van der Waals surface area contributed by atoms with Crippen molar-refractivity contribution in [2.24, 2.45) is 0 Å². The summed E-state index contributed by atoms with van der Waals surface area (Å²) in [4.78, 5) is 21.0. The number of carboxylic acid groups (broad SMARTS) is 1. The van der Waals surface area contributed by atoms with Crippen LogP contribution in [0.1, 0.15) is 24.3 Å². The van der Waals surface area contributed by atoms with E-state index in [9.17, 15) is 4.79 Å². The third-order valence-electron chi connectivity index (χ3n) is 2.39. The largest absolute Gasteiger partial charge is 0.477 e. The van der Waals surface area contributed by atoms with Crippen LogP contribution in [0.5, 0.6) is 0 Å². The van der Waals surface area contributed by atoms with Gasteiger partial charge in [-0.3, -0.25) is 0 Å². The predicted molar refractivity (Wildman–Crippen MR) is 67.5 cm³/mol. The number of rotatable bonds is 7. The minimum Gasteiger partial charge on any atom is -0.477 e. The lowest BCUT2D eigenvalue weighted by Gasteiger charge is -2.16. The predicted octanol–water partition coefficient (Wildman–Crippen LogP) is 1.61. The summed E-state index contributed by atoms with van der Waals surface area (Å²) in [6.45, 7) is 7.24. The van der Waals surface area contributed by atoms with E-state index >= 15 is 0 Å². The van der Waals surface area contributed by atoms with E-state index in [-0.39, 0.29) is 5.69 Å². The number of aromatic carboxylic acids is 1. The van der Waals surface area contributed by atoms with Crippen LogP contribution >= 0.6 is 11.8 Å². The van der Waals surface area contributed by atoms with Gasteiger partial charge in [0.15, 0.2) is 10.9 Å². The van der Waals surface area contributed by atoms with Crippen LogP contribution < -0.4 is 0 Å². The van der Waals surface area contributed by atoms with Gasteiger partial charge in [-0.2, -0.15) is 0 Å². The lowest BCUT2D eigenvalue weighted by molar-refractivity contribution is 0.0689. The van der Waals surface area contributed by atoms with Gasteiger partial charge in [-0.1, -0.05) is 25.6 Å². The fraction of sp³-hybridized carbons (Fsp3) is 0.545. The van der Waals surface area contributed by atoms with Gasteiger partial charge >= 0.3 is 5.97 Å². The average Bonchev–Trinajstić information content (AvgIpc) is 2.35. The van der Waals surface area contributed by atoms with Gasteiger partial charge in [0, 0.05) is 18.5 Å². The second-order valence-corrected chi connectivity index (χ2v) is 4.47. The van der Waals surface area contributed by atoms with Crippen molar-refractivity contribution in [2.45, 2.75) is 19.0 Å². The number of nitrogens with zero attached hydrogens (tertiary/aromatic N) is 3. The van der Waals surface area contributed by atoms with Gasteiger partial charge < -0.3 is 10.0 Å². The number of hydrogen-bond acceptors (Lipinski definition) is 5. The third-order valence-corrected chi connectivity index (χ3v) is 3.23. The fourth-order valence-electron chi connectivity index (χ4n) is 1.34. The lowest BCUT2D eigenvalue weighted by atomic mass is 10.4. The number of carboxylic acids is 1. The van der Waals surface area contributed by atoms with Gasteiger partial charge in [0.25, 0.3) is 0 Å². The van der Waals surface area contributed by atoms with E-state index < -0.39 is 5.97 Å². The molecule has 0 bridgehead atoms. The monoisotopic (exact) mass is 255 g/mol. The molecule has 6 heteroatoms. The molecule has 17 heavy (non-hydrogen) atoms. The molecule has 0 fully saturated rings. The Hall–Kier alpha value is -1.14. The van der Waals surface area contributed by atoms with E-state index in [0.29, 0.717) is 5.16 Å². The summed E-state index contributed by atoms with van der Waals surface area (Å²) in [6.07, 6.45) is 1.48. The molecular formula is C11H17N3O2S. The van der Waals surface area contributed by atoms with Crippen molar-refractivity contribution < 1.29 is 9.90 Å². The molecule has 0 spiro atoms. The molecule has 1 aromatic heterocycles. The normalized spacial score (nSPS) is 10.8. The number of thioether (sulfide) groups is 1. The fourth-order valence-corrected chi connectivity index (χ4v) is 2.17. The number of aromatic nitrogens is 2. The molecule has 94 valence electrons. The van der Waals surface area contributed by atoms with Crippen LogP contribution in [0.25, 0.3) is 0 Å². The highest BCUT2D eigenvalue weighted by Gasteiger charge is 2.07. The molecule has 0 saturated heterocycles. The first kappa shape index (κ1) is 13.9. The van der Waals surface area contributed by atoms with Crippen LogP contribution in [-0.2, 0) is 0 Å². The summed E-state index contributed by atoms with van der Waals surface area (Å²) in [5.41, 5.74) is 0.0466. The van der Waals surface area contributed by atoms with E-state index in [4.69, 9.17) is 5.11 Å². The molecule has 0 aliphatic heterocycles. The van der Waals surface area contributed by atoms with Crippen LogP contribution in [0.3, 0.4) is 0 Å². The summed E-state index contributed by atoms with van der Waals surface area (Å²) < 4.78 is 0. The zero-order chi connectivity index (χ0) is 12.7. The number of hydrogen-bond donors (Lipinski definition) is 1. The van der Waals surface area contributed by atoms with E-state index in [1.54, 1.807) is 0 Å². The van der Waals surface area contributed by atoms with Crippen LogP contribution in [0.15, 0.2) is 17.4 Å². The molecule has 1 N–H and O–H groups in total. The summed E-state index contributed by atoms with van der Waals surface area (Å²) in [7, 11) is 0. The van der Waals surface area contributed by atoms with Crippen LogP contribution in [-0.4, -0.2) is 51.3 Å². The first-order chi connectivity index (χ1) is 8.17. The molecule has 1 heterocycles. The van der Waals surface area contributed by atoms with Gasteiger partial charge in [0.1, 0.15) is 0 Å². The highest BCUT2D eigenvalue weighted by molar-refractivity contribution is 7.99. The Balaban J connectivity index is 2.46. The minimum atomic E-state index is -1.02. The molecular weight excluding hydrogens is 238 g/mol. The van der Waals surface area contributed by atoms with Crippen molar-refractivity contribution in [3.05, 3.63) is 18.0 Å². The summed E-state index contributed by atoms with van der Waals surface area (Å²) in [5, 5.41) is 9.32. The maximum Gasteiger partial charge on any atom is 0.354 e. The molecule has 0 aliphatic rings. The van der Waals surface area contributed by atoms with E-state index in [1.165, 1.54) is 24.0 Å². The zero-order valence-electron chi connectivity index (χ0n) is 10.1. The second kappa shape index (κ2) is 7.24. The van der Waals surface area contributed by atoms with Crippen molar-refractivity contribution in [3.8, 4) is 0 Å². The third kappa shape index (κ3) is 4.70. The van der Waals surface area contributed by atoms with Crippen molar-refractivity contribution in [1.29, 1.82) is 0 Å². The summed E-state index contributed by atoms with van der Waals surface area (Å²) >= 11 is 1.48. The standard InChI is InChI=1S/C11H17N3O2S/c1-3-14(4-2)7-8-17-11-12-6-5-9(13-11)10(15)16/h5-6H,3-4,7-8H2,1-2H3,(H,15,16). The zero-order valence-corrected chi connectivity index (χ0v) is 10.9. The smallest absolute Gasteiger partial charge is 0.354 e. The Bertz CT molecular complexity index is 369. The molecule has 0 saturated carbocycles. The highest BCUT2D eigenvalue weighted by atomic mass is 32.2.